The fourth-order valence-electron chi connectivity index (χ4n) is 4.59. The molecule has 0 heterocycles. The lowest BCUT2D eigenvalue weighted by molar-refractivity contribution is 0.0977. The van der Waals surface area contributed by atoms with Crippen molar-refractivity contribution in [3.63, 3.8) is 0 Å². The van der Waals surface area contributed by atoms with E-state index in [0.717, 1.165) is 39.3 Å². The van der Waals surface area contributed by atoms with Crippen molar-refractivity contribution in [1.29, 1.82) is 0 Å². The Balaban J connectivity index is 1.69. The third kappa shape index (κ3) is 6.79. The summed E-state index contributed by atoms with van der Waals surface area (Å²) in [6.45, 7) is 2.08. The summed E-state index contributed by atoms with van der Waals surface area (Å²) in [4.78, 5) is 17.0. The van der Waals surface area contributed by atoms with Crippen LogP contribution in [0, 0.1) is 6.92 Å². The lowest BCUT2D eigenvalue weighted by atomic mass is 9.83. The molecule has 0 spiro atoms. The number of amides is 1. The highest BCUT2D eigenvalue weighted by Gasteiger charge is 2.22. The number of anilines is 3. The van der Waals surface area contributed by atoms with E-state index in [1.54, 1.807) is 31.4 Å². The SMILES string of the molecule is COc1ccc(C(=O)NC(=S)Nc2ccc(C)cc2C(c2ccc(N(C)C)cc2)c2ccc(N(C)C)cc2)cc1. The Morgan fingerprint density at radius 2 is 1.30 bits per heavy atom. The van der Waals surface area contributed by atoms with Crippen molar-refractivity contribution >= 4 is 40.3 Å². The number of nitrogens with zero attached hydrogens (tertiary/aromatic N) is 2. The van der Waals surface area contributed by atoms with E-state index in [9.17, 15) is 4.79 Å². The third-order valence-corrected chi connectivity index (χ3v) is 7.04. The number of thiocarbonyl (C=S) groups is 1. The lowest BCUT2D eigenvalue weighted by Crippen LogP contribution is -2.34. The maximum Gasteiger partial charge on any atom is 0.257 e. The molecule has 0 unspecified atom stereocenters. The molecular formula is C33H36N4O2S. The average Bonchev–Trinajstić information content (AvgIpc) is 2.95. The molecule has 0 aliphatic heterocycles. The number of benzene rings is 4. The second kappa shape index (κ2) is 12.7. The molecule has 0 bridgehead atoms. The zero-order chi connectivity index (χ0) is 28.8. The molecule has 4 aromatic rings. The first-order chi connectivity index (χ1) is 19.2. The van der Waals surface area contributed by atoms with Crippen molar-refractivity contribution in [2.75, 3.05) is 50.4 Å². The largest absolute Gasteiger partial charge is 0.497 e. The standard InChI is InChI=1S/C33H36N4O2S/c1-22-7-20-30(34-33(40)35-32(38)25-12-18-28(39-6)19-13-25)29(21-22)31(23-8-14-26(15-9-23)36(2)3)24-10-16-27(17-11-24)37(4)5/h7-21,31H,1-6H3,(H2,34,35,38,40). The molecule has 6 nitrogen and oxygen atoms in total. The van der Waals surface area contributed by atoms with Crippen molar-refractivity contribution < 1.29 is 9.53 Å². The second-order valence-electron chi connectivity index (χ2n) is 10.1. The van der Waals surface area contributed by atoms with Gasteiger partial charge in [0.05, 0.1) is 7.11 Å². The molecular weight excluding hydrogens is 516 g/mol. The zero-order valence-corrected chi connectivity index (χ0v) is 24.7. The fraction of sp³-hybridized carbons (Fsp3) is 0.212. The molecule has 0 saturated carbocycles. The molecule has 1 amide bonds. The molecule has 0 aliphatic rings. The van der Waals surface area contributed by atoms with Gasteiger partial charge in [-0.3, -0.25) is 10.1 Å². The molecule has 0 aromatic heterocycles. The van der Waals surface area contributed by atoms with Crippen LogP contribution in [-0.2, 0) is 0 Å². The summed E-state index contributed by atoms with van der Waals surface area (Å²) < 4.78 is 5.19. The van der Waals surface area contributed by atoms with Gasteiger partial charge in [-0.1, -0.05) is 42.0 Å². The topological polar surface area (TPSA) is 56.8 Å². The Kier molecular flexibility index (Phi) is 9.07. The van der Waals surface area contributed by atoms with Crippen molar-refractivity contribution in [3.8, 4) is 5.75 Å². The van der Waals surface area contributed by atoms with Crippen molar-refractivity contribution in [1.82, 2.24) is 5.32 Å². The average molecular weight is 553 g/mol. The molecule has 0 radical (unpaired) electrons. The number of methoxy groups -OCH3 is 1. The Labute approximate surface area is 242 Å². The Hall–Kier alpha value is -4.36. The first-order valence-electron chi connectivity index (χ1n) is 13.1. The van der Waals surface area contributed by atoms with E-state index in [-0.39, 0.29) is 16.9 Å². The van der Waals surface area contributed by atoms with Crippen molar-refractivity contribution in [3.05, 3.63) is 119 Å². The van der Waals surface area contributed by atoms with Gasteiger partial charge in [0.2, 0.25) is 0 Å². The number of hydrogen-bond acceptors (Lipinski definition) is 5. The molecule has 4 rings (SSSR count). The minimum absolute atomic E-state index is 0.0603. The van der Waals surface area contributed by atoms with E-state index < -0.39 is 0 Å². The number of carbonyl (C=O) groups excluding carboxylic acids is 1. The van der Waals surface area contributed by atoms with Crippen LogP contribution in [0.2, 0.25) is 0 Å². The van der Waals surface area contributed by atoms with Gasteiger partial charge in [-0.25, -0.2) is 0 Å². The maximum absolute atomic E-state index is 12.8. The molecule has 40 heavy (non-hydrogen) atoms. The van der Waals surface area contributed by atoms with Gasteiger partial charge >= 0.3 is 0 Å². The fourth-order valence-corrected chi connectivity index (χ4v) is 4.79. The van der Waals surface area contributed by atoms with Gasteiger partial charge in [0.1, 0.15) is 5.75 Å². The highest BCUT2D eigenvalue weighted by Crippen LogP contribution is 2.38. The van der Waals surface area contributed by atoms with Gasteiger partial charge in [0.25, 0.3) is 5.91 Å². The van der Waals surface area contributed by atoms with Crippen LogP contribution in [0.4, 0.5) is 17.1 Å². The summed E-state index contributed by atoms with van der Waals surface area (Å²) in [5.41, 5.74) is 8.11. The normalized spacial score (nSPS) is 10.7. The van der Waals surface area contributed by atoms with Crippen LogP contribution < -0.4 is 25.2 Å². The predicted octanol–water partition coefficient (Wildman–Crippen LogP) is 6.44. The van der Waals surface area contributed by atoms with Crippen LogP contribution in [0.1, 0.15) is 38.5 Å². The van der Waals surface area contributed by atoms with Gasteiger partial charge in [-0.2, -0.15) is 0 Å². The summed E-state index contributed by atoms with van der Waals surface area (Å²) in [6.07, 6.45) is 0. The minimum atomic E-state index is -0.288. The van der Waals surface area contributed by atoms with Gasteiger partial charge in [0, 0.05) is 56.7 Å². The first-order valence-corrected chi connectivity index (χ1v) is 13.5. The number of aryl methyl sites for hydroxylation is 1. The number of carbonyl (C=O) groups is 1. The van der Waals surface area contributed by atoms with Crippen LogP contribution in [0.15, 0.2) is 91.0 Å². The quantitative estimate of drug-likeness (QED) is 0.194. The molecule has 2 N–H and O–H groups in total. The summed E-state index contributed by atoms with van der Waals surface area (Å²) in [5.74, 6) is 0.337. The molecule has 7 heteroatoms. The summed E-state index contributed by atoms with van der Waals surface area (Å²) in [6, 6.07) is 30.4. The molecule has 0 saturated heterocycles. The summed E-state index contributed by atoms with van der Waals surface area (Å²) in [7, 11) is 9.74. The summed E-state index contributed by atoms with van der Waals surface area (Å²) in [5, 5.41) is 6.34. The molecule has 0 atom stereocenters. The number of nitrogens with one attached hydrogen (secondary N) is 2. The van der Waals surface area contributed by atoms with E-state index >= 15 is 0 Å². The molecule has 4 aromatic carbocycles. The van der Waals surface area contributed by atoms with Gasteiger partial charge in [-0.15, -0.1) is 0 Å². The number of hydrogen-bond donors (Lipinski definition) is 2. The highest BCUT2D eigenvalue weighted by molar-refractivity contribution is 7.80. The summed E-state index contributed by atoms with van der Waals surface area (Å²) >= 11 is 5.59. The lowest BCUT2D eigenvalue weighted by Gasteiger charge is -2.25. The Bertz CT molecular complexity index is 1410. The van der Waals surface area contributed by atoms with E-state index in [0.29, 0.717) is 11.3 Å². The van der Waals surface area contributed by atoms with Crippen LogP contribution in [0.5, 0.6) is 5.75 Å². The van der Waals surface area contributed by atoms with Crippen molar-refractivity contribution in [2.45, 2.75) is 12.8 Å². The smallest absolute Gasteiger partial charge is 0.257 e. The van der Waals surface area contributed by atoms with Gasteiger partial charge < -0.3 is 19.9 Å². The first kappa shape index (κ1) is 28.6. The van der Waals surface area contributed by atoms with E-state index in [1.165, 1.54) is 0 Å². The molecule has 0 fully saturated rings. The van der Waals surface area contributed by atoms with Crippen LogP contribution in [-0.4, -0.2) is 46.3 Å². The predicted molar refractivity (Wildman–Crippen MR) is 170 cm³/mol. The van der Waals surface area contributed by atoms with Crippen LogP contribution in [0.25, 0.3) is 0 Å². The highest BCUT2D eigenvalue weighted by atomic mass is 32.1. The molecule has 0 aliphatic carbocycles. The van der Waals surface area contributed by atoms with E-state index in [4.69, 9.17) is 17.0 Å². The zero-order valence-electron chi connectivity index (χ0n) is 23.9. The number of rotatable bonds is 8. The second-order valence-corrected chi connectivity index (χ2v) is 10.5. The third-order valence-electron chi connectivity index (χ3n) is 6.83. The van der Waals surface area contributed by atoms with E-state index in [2.05, 4.69) is 82.0 Å². The Morgan fingerprint density at radius 3 is 1.77 bits per heavy atom. The van der Waals surface area contributed by atoms with Crippen LogP contribution in [0.3, 0.4) is 0 Å². The minimum Gasteiger partial charge on any atom is -0.497 e. The van der Waals surface area contributed by atoms with Gasteiger partial charge in [0.15, 0.2) is 5.11 Å². The molecule has 206 valence electrons. The monoisotopic (exact) mass is 552 g/mol. The van der Waals surface area contributed by atoms with Crippen molar-refractivity contribution in [2.24, 2.45) is 0 Å². The number of ether oxygens (including phenoxy) is 1. The van der Waals surface area contributed by atoms with Crippen LogP contribution >= 0.6 is 12.2 Å². The maximum atomic E-state index is 12.8. The van der Waals surface area contributed by atoms with E-state index in [1.807, 2.05) is 40.3 Å². The Morgan fingerprint density at radius 1 is 0.775 bits per heavy atom. The van der Waals surface area contributed by atoms with Gasteiger partial charge in [-0.05, 0) is 90.4 Å².